The van der Waals surface area contributed by atoms with Gasteiger partial charge in [0.25, 0.3) is 0 Å². The second kappa shape index (κ2) is 13.0. The molecule has 2 heteroatoms. The summed E-state index contributed by atoms with van der Waals surface area (Å²) in [5.74, 6) is 0.711. The summed E-state index contributed by atoms with van der Waals surface area (Å²) in [6, 6.07) is 70.1. The lowest BCUT2D eigenvalue weighted by Gasteiger charge is -2.22. The maximum Gasteiger partial charge on any atom is 0.160 e. The fourth-order valence-corrected chi connectivity index (χ4v) is 9.11. The molecule has 268 valence electrons. The molecule has 0 aliphatic heterocycles. The van der Waals surface area contributed by atoms with E-state index in [-0.39, 0.29) is 5.41 Å². The first-order chi connectivity index (χ1) is 28.0. The summed E-state index contributed by atoms with van der Waals surface area (Å²) < 4.78 is 0. The van der Waals surface area contributed by atoms with Crippen LogP contribution in [-0.2, 0) is 5.41 Å². The Morgan fingerprint density at radius 1 is 0.298 bits per heavy atom. The molecular weight excluding hydrogens is 689 g/mol. The number of fused-ring (bicyclic) bond motifs is 9. The summed E-state index contributed by atoms with van der Waals surface area (Å²) in [5.41, 5.74) is 15.0. The first kappa shape index (κ1) is 33.2. The van der Waals surface area contributed by atoms with Crippen molar-refractivity contribution in [1.29, 1.82) is 0 Å². The zero-order chi connectivity index (χ0) is 38.1. The maximum absolute atomic E-state index is 5.31. The minimum atomic E-state index is -0.132. The Bertz CT molecular complexity index is 3160. The van der Waals surface area contributed by atoms with Gasteiger partial charge in [-0.05, 0) is 107 Å². The second-order valence-electron chi connectivity index (χ2n) is 15.8. The van der Waals surface area contributed by atoms with E-state index >= 15 is 0 Å². The predicted octanol–water partition coefficient (Wildman–Crippen LogP) is 14.6. The molecule has 0 N–H and O–H groups in total. The van der Waals surface area contributed by atoms with Crippen LogP contribution in [0.4, 0.5) is 0 Å². The average molecular weight is 727 g/mol. The second-order valence-corrected chi connectivity index (χ2v) is 15.8. The van der Waals surface area contributed by atoms with Crippen LogP contribution in [0.3, 0.4) is 0 Å². The van der Waals surface area contributed by atoms with Crippen LogP contribution in [-0.4, -0.2) is 9.97 Å². The van der Waals surface area contributed by atoms with E-state index in [1.165, 1.54) is 71.3 Å². The fraction of sp³-hybridized carbons (Fsp3) is 0.0545. The minimum Gasteiger partial charge on any atom is -0.228 e. The van der Waals surface area contributed by atoms with Gasteiger partial charge in [0.15, 0.2) is 5.82 Å². The van der Waals surface area contributed by atoms with Gasteiger partial charge in [-0.3, -0.25) is 0 Å². The lowest BCUT2D eigenvalue weighted by atomic mass is 9.81. The summed E-state index contributed by atoms with van der Waals surface area (Å²) >= 11 is 0. The quantitative estimate of drug-likeness (QED) is 0.165. The van der Waals surface area contributed by atoms with E-state index < -0.39 is 0 Å². The van der Waals surface area contributed by atoms with Crippen molar-refractivity contribution in [2.45, 2.75) is 19.3 Å². The van der Waals surface area contributed by atoms with Crippen LogP contribution in [0.25, 0.3) is 99.6 Å². The number of hydrogen-bond donors (Lipinski definition) is 0. The van der Waals surface area contributed by atoms with Crippen LogP contribution in [0.1, 0.15) is 25.0 Å². The zero-order valence-electron chi connectivity index (χ0n) is 31.9. The number of benzene rings is 9. The van der Waals surface area contributed by atoms with E-state index in [4.69, 9.17) is 9.97 Å². The highest BCUT2D eigenvalue weighted by Gasteiger charge is 2.36. The van der Waals surface area contributed by atoms with Gasteiger partial charge in [0.1, 0.15) is 0 Å². The van der Waals surface area contributed by atoms with Crippen LogP contribution in [0.2, 0.25) is 0 Å². The zero-order valence-corrected chi connectivity index (χ0v) is 31.9. The van der Waals surface area contributed by atoms with Crippen LogP contribution in [0.5, 0.6) is 0 Å². The van der Waals surface area contributed by atoms with Crippen LogP contribution < -0.4 is 0 Å². The largest absolute Gasteiger partial charge is 0.228 e. The number of hydrogen-bond acceptors (Lipinski definition) is 2. The van der Waals surface area contributed by atoms with Crippen molar-refractivity contribution in [3.05, 3.63) is 205 Å². The lowest BCUT2D eigenvalue weighted by molar-refractivity contribution is 0.661. The van der Waals surface area contributed by atoms with Gasteiger partial charge < -0.3 is 0 Å². The van der Waals surface area contributed by atoms with Gasteiger partial charge in [0.2, 0.25) is 0 Å². The van der Waals surface area contributed by atoms with Crippen LogP contribution >= 0.6 is 0 Å². The van der Waals surface area contributed by atoms with E-state index in [0.717, 1.165) is 33.6 Å². The average Bonchev–Trinajstić information content (AvgIpc) is 3.51. The smallest absolute Gasteiger partial charge is 0.160 e. The summed E-state index contributed by atoms with van der Waals surface area (Å²) in [4.78, 5) is 10.5. The SMILES string of the molecule is CC1(C)c2cc(-c3ccccc3)ccc2-c2ccc(-c3cccc(-c4cc(-c5ccccc5)nc(-c5ccc6c7ccccc7c7ccccc7c6c5)n4)c3)cc21. The molecule has 0 bridgehead atoms. The first-order valence-corrected chi connectivity index (χ1v) is 19.7. The van der Waals surface area contributed by atoms with Crippen molar-refractivity contribution in [2.75, 3.05) is 0 Å². The third kappa shape index (κ3) is 5.48. The lowest BCUT2D eigenvalue weighted by Crippen LogP contribution is -2.15. The summed E-state index contributed by atoms with van der Waals surface area (Å²) in [6.45, 7) is 4.72. The topological polar surface area (TPSA) is 25.8 Å². The normalized spacial score (nSPS) is 12.9. The summed E-state index contributed by atoms with van der Waals surface area (Å²) in [7, 11) is 0. The third-order valence-electron chi connectivity index (χ3n) is 12.1. The number of aromatic nitrogens is 2. The molecule has 0 amide bonds. The van der Waals surface area contributed by atoms with Gasteiger partial charge in [-0.25, -0.2) is 9.97 Å². The Morgan fingerprint density at radius 2 is 0.737 bits per heavy atom. The van der Waals surface area contributed by atoms with Gasteiger partial charge in [0.05, 0.1) is 11.4 Å². The highest BCUT2D eigenvalue weighted by molar-refractivity contribution is 6.25. The molecule has 1 aromatic heterocycles. The molecule has 9 aromatic carbocycles. The van der Waals surface area contributed by atoms with Crippen LogP contribution in [0.15, 0.2) is 194 Å². The first-order valence-electron chi connectivity index (χ1n) is 19.7. The van der Waals surface area contributed by atoms with E-state index in [1.807, 2.05) is 6.07 Å². The molecule has 1 aliphatic rings. The summed E-state index contributed by atoms with van der Waals surface area (Å²) in [6.07, 6.45) is 0. The molecule has 11 rings (SSSR count). The molecule has 0 spiro atoms. The number of rotatable bonds is 5. The van der Waals surface area contributed by atoms with Crippen molar-refractivity contribution < 1.29 is 0 Å². The Morgan fingerprint density at radius 3 is 1.35 bits per heavy atom. The van der Waals surface area contributed by atoms with Gasteiger partial charge in [-0.2, -0.15) is 0 Å². The minimum absolute atomic E-state index is 0.132. The molecule has 0 unspecified atom stereocenters. The Kier molecular flexibility index (Phi) is 7.55. The van der Waals surface area contributed by atoms with E-state index in [1.54, 1.807) is 0 Å². The Balaban J connectivity index is 1.02. The van der Waals surface area contributed by atoms with Crippen molar-refractivity contribution in [3.63, 3.8) is 0 Å². The summed E-state index contributed by atoms with van der Waals surface area (Å²) in [5, 5.41) is 7.45. The molecule has 0 radical (unpaired) electrons. The monoisotopic (exact) mass is 726 g/mol. The van der Waals surface area contributed by atoms with Crippen molar-refractivity contribution in [3.8, 4) is 67.3 Å². The highest BCUT2D eigenvalue weighted by Crippen LogP contribution is 2.51. The Hall–Kier alpha value is -7.16. The van der Waals surface area contributed by atoms with Crippen molar-refractivity contribution in [1.82, 2.24) is 9.97 Å². The van der Waals surface area contributed by atoms with Gasteiger partial charge in [-0.1, -0.05) is 178 Å². The van der Waals surface area contributed by atoms with Gasteiger partial charge >= 0.3 is 0 Å². The van der Waals surface area contributed by atoms with Gasteiger partial charge in [0, 0.05) is 22.1 Å². The predicted molar refractivity (Wildman–Crippen MR) is 239 cm³/mol. The van der Waals surface area contributed by atoms with Crippen molar-refractivity contribution in [2.24, 2.45) is 0 Å². The standard InChI is InChI=1S/C55H38N2/c1-55(2)50-32-38(35-14-5-3-6-15-35)24-28-47(50)48-29-25-39(33-51(48)55)37-18-13-19-40(30-37)53-34-52(36-16-7-4-8-17-36)56-54(57-53)41-26-27-46-44-22-10-9-20-42(44)43-21-11-12-23-45(43)49(46)31-41/h3-34H,1-2H3. The van der Waals surface area contributed by atoms with Crippen LogP contribution in [0, 0.1) is 0 Å². The third-order valence-corrected chi connectivity index (χ3v) is 12.1. The van der Waals surface area contributed by atoms with Crippen molar-refractivity contribution >= 4 is 32.3 Å². The molecule has 1 heterocycles. The molecule has 0 saturated heterocycles. The highest BCUT2D eigenvalue weighted by atomic mass is 14.9. The van der Waals surface area contributed by atoms with E-state index in [0.29, 0.717) is 5.82 Å². The molecule has 1 aliphatic carbocycles. The maximum atomic E-state index is 5.31. The molecule has 0 fully saturated rings. The molecule has 0 atom stereocenters. The molecule has 2 nitrogen and oxygen atoms in total. The molecule has 0 saturated carbocycles. The molecule has 57 heavy (non-hydrogen) atoms. The van der Waals surface area contributed by atoms with Gasteiger partial charge in [-0.15, -0.1) is 0 Å². The Labute approximate surface area is 332 Å². The molecule has 10 aromatic rings. The molecular formula is C55H38N2. The number of nitrogens with zero attached hydrogens (tertiary/aromatic N) is 2. The fourth-order valence-electron chi connectivity index (χ4n) is 9.11. The van der Waals surface area contributed by atoms with E-state index in [2.05, 4.69) is 202 Å². The van der Waals surface area contributed by atoms with E-state index in [9.17, 15) is 0 Å².